The highest BCUT2D eigenvalue weighted by Gasteiger charge is 2.59. The number of carbonyl (C=O) groups is 2. The van der Waals surface area contributed by atoms with Gasteiger partial charge in [-0.3, -0.25) is 4.79 Å². The van der Waals surface area contributed by atoms with Gasteiger partial charge in [0.25, 0.3) is 0 Å². The van der Waals surface area contributed by atoms with Crippen LogP contribution in [0, 0.1) is 23.2 Å². The average molecular weight is 308 g/mol. The molecular formula is C17H24O5. The summed E-state index contributed by atoms with van der Waals surface area (Å²) in [6.07, 6.45) is 2.65. The Balaban J connectivity index is 1.97. The fourth-order valence-electron chi connectivity index (χ4n) is 5.02. The second-order valence-corrected chi connectivity index (χ2v) is 7.17. The number of carbonyl (C=O) groups excluding carboxylic acids is 2. The van der Waals surface area contributed by atoms with Crippen LogP contribution in [0.1, 0.15) is 39.5 Å². The summed E-state index contributed by atoms with van der Waals surface area (Å²) in [4.78, 5) is 23.3. The van der Waals surface area contributed by atoms with E-state index >= 15 is 0 Å². The van der Waals surface area contributed by atoms with E-state index in [9.17, 15) is 14.7 Å². The van der Waals surface area contributed by atoms with Crippen LogP contribution in [-0.4, -0.2) is 35.9 Å². The van der Waals surface area contributed by atoms with Gasteiger partial charge in [-0.2, -0.15) is 0 Å². The molecule has 0 aromatic rings. The van der Waals surface area contributed by atoms with Gasteiger partial charge in [-0.15, -0.1) is 0 Å². The van der Waals surface area contributed by atoms with Crippen LogP contribution in [0.5, 0.6) is 0 Å². The minimum atomic E-state index is -0.485. The maximum Gasteiger partial charge on any atom is 0.334 e. The highest BCUT2D eigenvalue weighted by atomic mass is 16.6. The van der Waals surface area contributed by atoms with Gasteiger partial charge in [-0.1, -0.05) is 13.5 Å². The zero-order chi connectivity index (χ0) is 16.1. The molecule has 1 aliphatic heterocycles. The Bertz CT molecular complexity index is 513. The van der Waals surface area contributed by atoms with Gasteiger partial charge >= 0.3 is 11.9 Å². The fraction of sp³-hybridized carbons (Fsp3) is 0.765. The molecule has 3 fully saturated rings. The summed E-state index contributed by atoms with van der Waals surface area (Å²) >= 11 is 0. The summed E-state index contributed by atoms with van der Waals surface area (Å²) in [5.74, 6) is -0.135. The van der Waals surface area contributed by atoms with Gasteiger partial charge in [-0.25, -0.2) is 4.79 Å². The van der Waals surface area contributed by atoms with Crippen molar-refractivity contribution in [3.8, 4) is 0 Å². The lowest BCUT2D eigenvalue weighted by Gasteiger charge is -2.40. The Morgan fingerprint density at radius 2 is 2.23 bits per heavy atom. The fourth-order valence-corrected chi connectivity index (χ4v) is 5.02. The van der Waals surface area contributed by atoms with E-state index in [-0.39, 0.29) is 42.6 Å². The molecule has 1 heterocycles. The monoisotopic (exact) mass is 308 g/mol. The first-order valence-electron chi connectivity index (χ1n) is 8.07. The smallest absolute Gasteiger partial charge is 0.334 e. The van der Waals surface area contributed by atoms with E-state index in [4.69, 9.17) is 9.47 Å². The second-order valence-electron chi connectivity index (χ2n) is 7.17. The van der Waals surface area contributed by atoms with E-state index < -0.39 is 5.41 Å². The lowest BCUT2D eigenvalue weighted by Crippen LogP contribution is -2.44. The molecule has 6 unspecified atom stereocenters. The Kier molecular flexibility index (Phi) is 3.79. The molecule has 2 saturated carbocycles. The average Bonchev–Trinajstić information content (AvgIpc) is 2.88. The number of esters is 2. The van der Waals surface area contributed by atoms with Crippen LogP contribution in [-0.2, 0) is 19.1 Å². The molecule has 0 aromatic carbocycles. The van der Waals surface area contributed by atoms with Crippen molar-refractivity contribution in [3.05, 3.63) is 12.2 Å². The molecule has 3 aliphatic rings. The maximum atomic E-state index is 11.8. The molecule has 1 saturated heterocycles. The van der Waals surface area contributed by atoms with E-state index in [2.05, 4.69) is 13.5 Å². The molecular weight excluding hydrogens is 284 g/mol. The number of fused-ring (bicyclic) bond motifs is 2. The number of rotatable bonds is 2. The topological polar surface area (TPSA) is 72.8 Å². The van der Waals surface area contributed by atoms with Gasteiger partial charge in [0, 0.05) is 23.8 Å². The van der Waals surface area contributed by atoms with Gasteiger partial charge in [0.2, 0.25) is 0 Å². The first kappa shape index (κ1) is 15.5. The number of hydrogen-bond donors (Lipinski definition) is 1. The number of ether oxygens (including phenoxy) is 2. The molecule has 5 nitrogen and oxygen atoms in total. The third-order valence-corrected chi connectivity index (χ3v) is 6.03. The van der Waals surface area contributed by atoms with E-state index in [1.165, 1.54) is 6.92 Å². The second kappa shape index (κ2) is 5.37. The molecule has 0 radical (unpaired) electrons. The van der Waals surface area contributed by atoms with Crippen LogP contribution in [0.2, 0.25) is 0 Å². The van der Waals surface area contributed by atoms with Crippen molar-refractivity contribution in [2.45, 2.75) is 51.7 Å². The molecule has 122 valence electrons. The summed E-state index contributed by atoms with van der Waals surface area (Å²) < 4.78 is 11.0. The van der Waals surface area contributed by atoms with Gasteiger partial charge < -0.3 is 14.6 Å². The molecule has 0 aromatic heterocycles. The normalized spacial score (nSPS) is 44.0. The Hall–Kier alpha value is -1.36. The minimum Gasteiger partial charge on any atom is -0.462 e. The highest BCUT2D eigenvalue weighted by molar-refractivity contribution is 5.90. The third kappa shape index (κ3) is 2.18. The van der Waals surface area contributed by atoms with Gasteiger partial charge in [0.15, 0.2) is 0 Å². The standard InChI is InChI=1S/C17H24O5/c1-9-6-14-12(10(2)16(20)22-14)7-17(8-18)13(9)4-5-15(17)21-11(3)19/h9,12-15,18H,2,4-8H2,1,3H3. The summed E-state index contributed by atoms with van der Waals surface area (Å²) in [7, 11) is 0. The third-order valence-electron chi connectivity index (χ3n) is 6.03. The van der Waals surface area contributed by atoms with E-state index in [0.717, 1.165) is 19.3 Å². The van der Waals surface area contributed by atoms with Crippen LogP contribution in [0.3, 0.4) is 0 Å². The van der Waals surface area contributed by atoms with Crippen molar-refractivity contribution in [2.75, 3.05) is 6.61 Å². The van der Waals surface area contributed by atoms with Crippen LogP contribution in [0.4, 0.5) is 0 Å². The lowest BCUT2D eigenvalue weighted by molar-refractivity contribution is -0.156. The van der Waals surface area contributed by atoms with Crippen LogP contribution >= 0.6 is 0 Å². The van der Waals surface area contributed by atoms with Crippen molar-refractivity contribution >= 4 is 11.9 Å². The molecule has 2 aliphatic carbocycles. The molecule has 5 heteroatoms. The van der Waals surface area contributed by atoms with E-state index in [1.807, 2.05) is 0 Å². The highest BCUT2D eigenvalue weighted by Crippen LogP contribution is 2.57. The molecule has 1 N–H and O–H groups in total. The van der Waals surface area contributed by atoms with Gasteiger partial charge in [0.05, 0.1) is 6.61 Å². The van der Waals surface area contributed by atoms with Crippen molar-refractivity contribution in [1.29, 1.82) is 0 Å². The largest absolute Gasteiger partial charge is 0.462 e. The van der Waals surface area contributed by atoms with Crippen molar-refractivity contribution < 1.29 is 24.2 Å². The lowest BCUT2D eigenvalue weighted by atomic mass is 9.68. The molecule has 6 atom stereocenters. The van der Waals surface area contributed by atoms with Crippen LogP contribution in [0.25, 0.3) is 0 Å². The maximum absolute atomic E-state index is 11.8. The summed E-state index contributed by atoms with van der Waals surface area (Å²) in [6.45, 7) is 7.40. The van der Waals surface area contributed by atoms with Gasteiger partial charge in [-0.05, 0) is 37.5 Å². The molecule has 0 spiro atoms. The predicted molar refractivity (Wildman–Crippen MR) is 78.7 cm³/mol. The molecule has 3 rings (SSSR count). The number of aliphatic hydroxyl groups is 1. The van der Waals surface area contributed by atoms with Crippen molar-refractivity contribution in [3.63, 3.8) is 0 Å². The Morgan fingerprint density at radius 1 is 1.50 bits per heavy atom. The first-order valence-corrected chi connectivity index (χ1v) is 8.07. The zero-order valence-corrected chi connectivity index (χ0v) is 13.2. The van der Waals surface area contributed by atoms with Crippen molar-refractivity contribution in [1.82, 2.24) is 0 Å². The SMILES string of the molecule is C=C1C(=O)OC2CC(C)C3CCC(OC(C)=O)C3(CO)CC12. The number of hydrogen-bond acceptors (Lipinski definition) is 5. The summed E-state index contributed by atoms with van der Waals surface area (Å²) in [5, 5.41) is 10.2. The van der Waals surface area contributed by atoms with Crippen LogP contribution < -0.4 is 0 Å². The molecule has 0 bridgehead atoms. The molecule has 0 amide bonds. The van der Waals surface area contributed by atoms with Crippen molar-refractivity contribution in [2.24, 2.45) is 23.2 Å². The Morgan fingerprint density at radius 3 is 2.86 bits per heavy atom. The van der Waals surface area contributed by atoms with E-state index in [1.54, 1.807) is 0 Å². The Labute approximate surface area is 130 Å². The van der Waals surface area contributed by atoms with Gasteiger partial charge in [0.1, 0.15) is 12.2 Å². The first-order chi connectivity index (χ1) is 10.4. The predicted octanol–water partition coefficient (Wildman–Crippen LogP) is 1.83. The van der Waals surface area contributed by atoms with E-state index in [0.29, 0.717) is 17.9 Å². The summed E-state index contributed by atoms with van der Waals surface area (Å²) in [5.41, 5.74) is 0.0145. The zero-order valence-electron chi connectivity index (χ0n) is 13.2. The quantitative estimate of drug-likeness (QED) is 0.622. The summed E-state index contributed by atoms with van der Waals surface area (Å²) in [6, 6.07) is 0. The molecule has 22 heavy (non-hydrogen) atoms. The minimum absolute atomic E-state index is 0.0371. The van der Waals surface area contributed by atoms with Crippen LogP contribution in [0.15, 0.2) is 12.2 Å². The number of aliphatic hydroxyl groups excluding tert-OH is 1.